The normalized spacial score (nSPS) is 14.5. The van der Waals surface area contributed by atoms with Gasteiger partial charge in [-0.05, 0) is 42.5 Å². The maximum atomic E-state index is 13.0. The topological polar surface area (TPSA) is 49.4 Å². The van der Waals surface area contributed by atoms with E-state index in [0.29, 0.717) is 17.8 Å². The summed E-state index contributed by atoms with van der Waals surface area (Å²) in [6.07, 6.45) is 0.956. The fraction of sp³-hybridized carbons (Fsp3) is 0.304. The second-order valence-corrected chi connectivity index (χ2v) is 7.41. The molecule has 1 heterocycles. The number of nitrogens with zero attached hydrogens (tertiary/aromatic N) is 1. The van der Waals surface area contributed by atoms with Crippen molar-refractivity contribution in [2.45, 2.75) is 34.1 Å². The predicted octanol–water partition coefficient (Wildman–Crippen LogP) is 4.41. The summed E-state index contributed by atoms with van der Waals surface area (Å²) in [5.41, 5.74) is 4.70. The summed E-state index contributed by atoms with van der Waals surface area (Å²) in [4.78, 5) is 27.4. The Hall–Kier alpha value is -2.88. The van der Waals surface area contributed by atoms with Gasteiger partial charge in [-0.25, -0.2) is 0 Å². The summed E-state index contributed by atoms with van der Waals surface area (Å²) in [5.74, 6) is -0.283. The van der Waals surface area contributed by atoms with Gasteiger partial charge in [0.05, 0.1) is 5.57 Å². The first-order valence-electron chi connectivity index (χ1n) is 9.44. The molecule has 0 atom stereocenters. The molecule has 2 amide bonds. The van der Waals surface area contributed by atoms with Gasteiger partial charge in [-0.1, -0.05) is 62.7 Å². The Morgan fingerprint density at radius 1 is 0.926 bits per heavy atom. The molecule has 3 rings (SSSR count). The number of carbonyl (C=O) groups is 2. The van der Waals surface area contributed by atoms with Gasteiger partial charge in [-0.15, -0.1) is 0 Å². The minimum absolute atomic E-state index is 0.209. The fourth-order valence-corrected chi connectivity index (χ4v) is 3.18. The van der Waals surface area contributed by atoms with E-state index in [0.717, 1.165) is 23.2 Å². The van der Waals surface area contributed by atoms with E-state index in [-0.39, 0.29) is 17.7 Å². The molecule has 1 N–H and O–H groups in total. The minimum Gasteiger partial charge on any atom is -0.350 e. The zero-order valence-electron chi connectivity index (χ0n) is 16.4. The molecule has 1 aliphatic rings. The molecule has 0 fully saturated rings. The maximum absolute atomic E-state index is 13.0. The summed E-state index contributed by atoms with van der Waals surface area (Å²) >= 11 is 0. The third kappa shape index (κ3) is 3.95. The van der Waals surface area contributed by atoms with Crippen molar-refractivity contribution in [3.05, 3.63) is 70.9 Å². The molecule has 140 valence electrons. The number of aryl methyl sites for hydroxylation is 2. The Morgan fingerprint density at radius 3 is 2.11 bits per heavy atom. The van der Waals surface area contributed by atoms with E-state index in [1.54, 1.807) is 0 Å². The Bertz CT molecular complexity index is 878. The van der Waals surface area contributed by atoms with Crippen LogP contribution in [0.4, 0.5) is 5.69 Å². The number of carbonyl (C=O) groups excluding carboxylic acids is 2. The van der Waals surface area contributed by atoms with Crippen molar-refractivity contribution in [3.8, 4) is 0 Å². The molecule has 0 spiro atoms. The molecule has 4 heteroatoms. The van der Waals surface area contributed by atoms with Gasteiger partial charge in [0.15, 0.2) is 0 Å². The predicted molar refractivity (Wildman–Crippen MR) is 109 cm³/mol. The first-order chi connectivity index (χ1) is 12.9. The van der Waals surface area contributed by atoms with Crippen LogP contribution in [0.3, 0.4) is 0 Å². The van der Waals surface area contributed by atoms with Crippen LogP contribution < -0.4 is 5.32 Å². The molecule has 2 aromatic carbocycles. The molecule has 0 saturated carbocycles. The molecule has 0 saturated heterocycles. The van der Waals surface area contributed by atoms with Crippen molar-refractivity contribution in [2.24, 2.45) is 5.92 Å². The standard InChI is InChI=1S/C23H26N2O2/c1-5-17-8-12-19(13-9-17)24-21-20(18-10-6-16(4)7-11-18)22(26)25(23(21)27)14-15(2)3/h6-13,15,24H,5,14H2,1-4H3. The molecule has 2 aromatic rings. The number of rotatable bonds is 6. The zero-order valence-corrected chi connectivity index (χ0v) is 16.4. The van der Waals surface area contributed by atoms with Crippen molar-refractivity contribution < 1.29 is 9.59 Å². The second-order valence-electron chi connectivity index (χ2n) is 7.41. The second kappa shape index (κ2) is 7.78. The van der Waals surface area contributed by atoms with E-state index < -0.39 is 0 Å². The first-order valence-corrected chi connectivity index (χ1v) is 9.44. The van der Waals surface area contributed by atoms with Crippen molar-refractivity contribution in [2.75, 3.05) is 11.9 Å². The number of anilines is 1. The summed E-state index contributed by atoms with van der Waals surface area (Å²) in [6, 6.07) is 15.7. The van der Waals surface area contributed by atoms with Gasteiger partial charge < -0.3 is 5.32 Å². The first kappa shape index (κ1) is 18.9. The highest BCUT2D eigenvalue weighted by Crippen LogP contribution is 2.31. The SMILES string of the molecule is CCc1ccc(NC2=C(c3ccc(C)cc3)C(=O)N(CC(C)C)C2=O)cc1. The Balaban J connectivity index is 2.02. The molecular formula is C23H26N2O2. The maximum Gasteiger partial charge on any atom is 0.278 e. The monoisotopic (exact) mass is 362 g/mol. The molecule has 1 aliphatic heterocycles. The molecule has 0 bridgehead atoms. The van der Waals surface area contributed by atoms with Crippen molar-refractivity contribution >= 4 is 23.1 Å². The number of hydrogen-bond acceptors (Lipinski definition) is 3. The minimum atomic E-state index is -0.260. The highest BCUT2D eigenvalue weighted by Gasteiger charge is 2.39. The largest absolute Gasteiger partial charge is 0.350 e. The van der Waals surface area contributed by atoms with Gasteiger partial charge in [-0.2, -0.15) is 0 Å². The lowest BCUT2D eigenvalue weighted by Gasteiger charge is -2.17. The van der Waals surface area contributed by atoms with Crippen molar-refractivity contribution in [3.63, 3.8) is 0 Å². The van der Waals surface area contributed by atoms with Crippen LogP contribution in [0.5, 0.6) is 0 Å². The highest BCUT2D eigenvalue weighted by atomic mass is 16.2. The van der Waals surface area contributed by atoms with Gasteiger partial charge in [0.25, 0.3) is 11.8 Å². The molecule has 4 nitrogen and oxygen atoms in total. The van der Waals surface area contributed by atoms with Gasteiger partial charge in [0, 0.05) is 12.2 Å². The fourth-order valence-electron chi connectivity index (χ4n) is 3.18. The van der Waals surface area contributed by atoms with E-state index in [1.165, 1.54) is 10.5 Å². The third-order valence-electron chi connectivity index (χ3n) is 4.69. The highest BCUT2D eigenvalue weighted by molar-refractivity contribution is 6.36. The van der Waals surface area contributed by atoms with Crippen LogP contribution in [0, 0.1) is 12.8 Å². The number of amides is 2. The van der Waals surface area contributed by atoms with Gasteiger partial charge in [0.1, 0.15) is 5.70 Å². The third-order valence-corrected chi connectivity index (χ3v) is 4.69. The van der Waals surface area contributed by atoms with E-state index >= 15 is 0 Å². The van der Waals surface area contributed by atoms with Crippen LogP contribution in [0.2, 0.25) is 0 Å². The molecule has 0 aliphatic carbocycles. The van der Waals surface area contributed by atoms with Crippen LogP contribution in [-0.4, -0.2) is 23.3 Å². The summed E-state index contributed by atoms with van der Waals surface area (Å²) in [5, 5.41) is 3.21. The van der Waals surface area contributed by atoms with Crippen LogP contribution >= 0.6 is 0 Å². The van der Waals surface area contributed by atoms with E-state index in [1.807, 2.05) is 69.3 Å². The summed E-state index contributed by atoms with van der Waals surface area (Å²) in [7, 11) is 0. The average Bonchev–Trinajstić information content (AvgIpc) is 2.87. The quantitative estimate of drug-likeness (QED) is 0.775. The zero-order chi connectivity index (χ0) is 19.6. The lowest BCUT2D eigenvalue weighted by Crippen LogP contribution is -2.35. The molecule has 27 heavy (non-hydrogen) atoms. The van der Waals surface area contributed by atoms with E-state index in [2.05, 4.69) is 12.2 Å². The van der Waals surface area contributed by atoms with E-state index in [4.69, 9.17) is 0 Å². The van der Waals surface area contributed by atoms with Crippen LogP contribution in [-0.2, 0) is 16.0 Å². The van der Waals surface area contributed by atoms with Crippen molar-refractivity contribution in [1.29, 1.82) is 0 Å². The average molecular weight is 362 g/mol. The number of nitrogens with one attached hydrogen (secondary N) is 1. The van der Waals surface area contributed by atoms with Gasteiger partial charge >= 0.3 is 0 Å². The van der Waals surface area contributed by atoms with Gasteiger partial charge in [0.2, 0.25) is 0 Å². The van der Waals surface area contributed by atoms with Gasteiger partial charge in [-0.3, -0.25) is 14.5 Å². The lowest BCUT2D eigenvalue weighted by atomic mass is 10.0. The number of imide groups is 1. The molecule has 0 aromatic heterocycles. The van der Waals surface area contributed by atoms with E-state index in [9.17, 15) is 9.59 Å². The molecular weight excluding hydrogens is 336 g/mol. The smallest absolute Gasteiger partial charge is 0.278 e. The molecule has 0 unspecified atom stereocenters. The molecule has 0 radical (unpaired) electrons. The van der Waals surface area contributed by atoms with Crippen LogP contribution in [0.1, 0.15) is 37.5 Å². The number of hydrogen-bond donors (Lipinski definition) is 1. The Labute approximate surface area is 160 Å². The van der Waals surface area contributed by atoms with Crippen LogP contribution in [0.25, 0.3) is 5.57 Å². The summed E-state index contributed by atoms with van der Waals surface area (Å²) in [6.45, 7) is 8.51. The van der Waals surface area contributed by atoms with Crippen LogP contribution in [0.15, 0.2) is 54.2 Å². The Kier molecular flexibility index (Phi) is 5.45. The summed E-state index contributed by atoms with van der Waals surface area (Å²) < 4.78 is 0. The Morgan fingerprint density at radius 2 is 1.56 bits per heavy atom. The lowest BCUT2D eigenvalue weighted by molar-refractivity contribution is -0.137. The number of benzene rings is 2. The van der Waals surface area contributed by atoms with Crippen molar-refractivity contribution in [1.82, 2.24) is 4.90 Å².